The number of nitrogens with one attached hydrogen (secondary N) is 2. The van der Waals surface area contributed by atoms with Crippen molar-refractivity contribution in [2.45, 2.75) is 11.6 Å². The predicted octanol–water partition coefficient (Wildman–Crippen LogP) is 2.70. The van der Waals surface area contributed by atoms with Crippen molar-refractivity contribution in [3.05, 3.63) is 64.7 Å². The standard InChI is InChI=1S/C18H14N4O2S/c23-11(9-16-19-14-7-3-4-8-15(14)20-16)10-25-18-21-13-6-2-1-5-12(13)17(24)22-18/h1-8H,9-10H2,(H,19,20)(H,21,22,24). The van der Waals surface area contributed by atoms with Crippen molar-refractivity contribution in [2.75, 3.05) is 5.75 Å². The molecule has 0 radical (unpaired) electrons. The van der Waals surface area contributed by atoms with Crippen LogP contribution in [0.25, 0.3) is 21.9 Å². The molecule has 7 heteroatoms. The summed E-state index contributed by atoms with van der Waals surface area (Å²) in [6.07, 6.45) is 0.222. The van der Waals surface area contributed by atoms with Crippen molar-refractivity contribution >= 4 is 39.5 Å². The lowest BCUT2D eigenvalue weighted by atomic mass is 10.2. The molecular weight excluding hydrogens is 336 g/mol. The zero-order valence-corrected chi connectivity index (χ0v) is 14.0. The Morgan fingerprint density at radius 3 is 2.56 bits per heavy atom. The summed E-state index contributed by atoms with van der Waals surface area (Å²) in [5, 5.41) is 0.988. The summed E-state index contributed by atoms with van der Waals surface area (Å²) >= 11 is 1.23. The summed E-state index contributed by atoms with van der Waals surface area (Å²) in [5.74, 6) is 0.879. The van der Waals surface area contributed by atoms with E-state index in [4.69, 9.17) is 0 Å². The molecule has 25 heavy (non-hydrogen) atoms. The van der Waals surface area contributed by atoms with E-state index < -0.39 is 0 Å². The number of aromatic amines is 2. The fraction of sp³-hybridized carbons (Fsp3) is 0.111. The normalized spacial score (nSPS) is 11.2. The molecule has 124 valence electrons. The van der Waals surface area contributed by atoms with Crippen LogP contribution in [0.5, 0.6) is 0 Å². The maximum absolute atomic E-state index is 12.2. The highest BCUT2D eigenvalue weighted by Gasteiger charge is 2.10. The van der Waals surface area contributed by atoms with Crippen molar-refractivity contribution in [3.63, 3.8) is 0 Å². The monoisotopic (exact) mass is 350 g/mol. The number of rotatable bonds is 5. The largest absolute Gasteiger partial charge is 0.342 e. The van der Waals surface area contributed by atoms with Gasteiger partial charge in [0.25, 0.3) is 5.56 Å². The van der Waals surface area contributed by atoms with Gasteiger partial charge in [-0.15, -0.1) is 0 Å². The topological polar surface area (TPSA) is 91.5 Å². The van der Waals surface area contributed by atoms with Crippen LogP contribution >= 0.6 is 11.8 Å². The number of benzene rings is 2. The van der Waals surface area contributed by atoms with E-state index in [-0.39, 0.29) is 23.5 Å². The van der Waals surface area contributed by atoms with E-state index in [2.05, 4.69) is 19.9 Å². The molecular formula is C18H14N4O2S. The third-order valence-electron chi connectivity index (χ3n) is 3.76. The van der Waals surface area contributed by atoms with Crippen molar-refractivity contribution < 1.29 is 4.79 Å². The van der Waals surface area contributed by atoms with Crippen LogP contribution in [0.15, 0.2) is 58.5 Å². The summed E-state index contributed by atoms with van der Waals surface area (Å²) in [6, 6.07) is 14.8. The van der Waals surface area contributed by atoms with Crippen LogP contribution in [0.4, 0.5) is 0 Å². The maximum Gasteiger partial charge on any atom is 0.259 e. The summed E-state index contributed by atoms with van der Waals surface area (Å²) in [4.78, 5) is 38.9. The number of hydrogen-bond acceptors (Lipinski definition) is 5. The van der Waals surface area contributed by atoms with Crippen LogP contribution in [0.2, 0.25) is 0 Å². The fourth-order valence-corrected chi connectivity index (χ4v) is 3.34. The molecule has 0 aliphatic carbocycles. The second-order valence-corrected chi connectivity index (χ2v) is 6.56. The van der Waals surface area contributed by atoms with Crippen molar-refractivity contribution in [1.82, 2.24) is 19.9 Å². The SMILES string of the molecule is O=C(CSc1nc2ccccc2c(=O)[nH]1)Cc1nc2ccccc2[nH]1. The Morgan fingerprint density at radius 2 is 1.72 bits per heavy atom. The number of Topliss-reactive ketones (excluding diaryl/α,β-unsaturated/α-hetero) is 1. The lowest BCUT2D eigenvalue weighted by molar-refractivity contribution is -0.116. The summed E-state index contributed by atoms with van der Waals surface area (Å²) in [7, 11) is 0. The average Bonchev–Trinajstić information content (AvgIpc) is 3.02. The first kappa shape index (κ1) is 15.6. The molecule has 0 aliphatic rings. The molecule has 2 heterocycles. The van der Waals surface area contributed by atoms with Gasteiger partial charge in [0.15, 0.2) is 10.9 Å². The van der Waals surface area contributed by atoms with Crippen LogP contribution in [-0.2, 0) is 11.2 Å². The molecule has 0 spiro atoms. The van der Waals surface area contributed by atoms with E-state index in [0.29, 0.717) is 21.9 Å². The molecule has 2 aromatic heterocycles. The molecule has 0 unspecified atom stereocenters. The number of ketones is 1. The van der Waals surface area contributed by atoms with Gasteiger partial charge in [0.05, 0.1) is 34.1 Å². The van der Waals surface area contributed by atoms with Gasteiger partial charge >= 0.3 is 0 Å². The Morgan fingerprint density at radius 1 is 0.960 bits per heavy atom. The minimum atomic E-state index is -0.196. The summed E-state index contributed by atoms with van der Waals surface area (Å²) in [5.41, 5.74) is 2.19. The number of hydrogen-bond donors (Lipinski definition) is 2. The Balaban J connectivity index is 1.45. The highest BCUT2D eigenvalue weighted by Crippen LogP contribution is 2.16. The smallest absolute Gasteiger partial charge is 0.259 e. The van der Waals surface area contributed by atoms with Gasteiger partial charge in [-0.3, -0.25) is 9.59 Å². The maximum atomic E-state index is 12.2. The number of para-hydroxylation sites is 3. The second kappa shape index (κ2) is 6.52. The quantitative estimate of drug-likeness (QED) is 0.426. The Kier molecular flexibility index (Phi) is 4.07. The first-order chi connectivity index (χ1) is 12.2. The molecule has 0 amide bonds. The third-order valence-corrected chi connectivity index (χ3v) is 4.70. The molecule has 0 fully saturated rings. The molecule has 4 aromatic rings. The van der Waals surface area contributed by atoms with E-state index in [9.17, 15) is 9.59 Å². The van der Waals surface area contributed by atoms with E-state index in [1.165, 1.54) is 11.8 Å². The van der Waals surface area contributed by atoms with Crippen LogP contribution in [0, 0.1) is 0 Å². The number of fused-ring (bicyclic) bond motifs is 2. The molecule has 4 rings (SSSR count). The molecule has 6 nitrogen and oxygen atoms in total. The van der Waals surface area contributed by atoms with Gasteiger partial charge in [-0.2, -0.15) is 0 Å². The van der Waals surface area contributed by atoms with Crippen LogP contribution in [0.1, 0.15) is 5.82 Å². The number of nitrogens with zero attached hydrogens (tertiary/aromatic N) is 2. The van der Waals surface area contributed by atoms with Gasteiger partial charge in [-0.25, -0.2) is 9.97 Å². The Hall–Kier alpha value is -2.93. The van der Waals surface area contributed by atoms with E-state index >= 15 is 0 Å². The third kappa shape index (κ3) is 3.32. The fourth-order valence-electron chi connectivity index (χ4n) is 2.61. The van der Waals surface area contributed by atoms with Gasteiger partial charge in [0.1, 0.15) is 5.82 Å². The highest BCUT2D eigenvalue weighted by atomic mass is 32.2. The number of H-pyrrole nitrogens is 2. The Labute approximate surface area is 146 Å². The zero-order valence-electron chi connectivity index (χ0n) is 13.2. The molecule has 2 N–H and O–H groups in total. The van der Waals surface area contributed by atoms with Gasteiger partial charge < -0.3 is 9.97 Å². The average molecular weight is 350 g/mol. The minimum absolute atomic E-state index is 0.0138. The second-order valence-electron chi connectivity index (χ2n) is 5.59. The number of thioether (sulfide) groups is 1. The number of carbonyl (C=O) groups excluding carboxylic acids is 1. The van der Waals surface area contributed by atoms with Gasteiger partial charge in [0.2, 0.25) is 0 Å². The van der Waals surface area contributed by atoms with E-state index in [1.807, 2.05) is 30.3 Å². The lowest BCUT2D eigenvalue weighted by Gasteiger charge is -2.02. The molecule has 0 saturated heterocycles. The van der Waals surface area contributed by atoms with Crippen LogP contribution < -0.4 is 5.56 Å². The lowest BCUT2D eigenvalue weighted by Crippen LogP contribution is -2.11. The van der Waals surface area contributed by atoms with Crippen LogP contribution in [-0.4, -0.2) is 31.5 Å². The molecule has 2 aromatic carbocycles. The van der Waals surface area contributed by atoms with Gasteiger partial charge in [-0.05, 0) is 24.3 Å². The predicted molar refractivity (Wildman–Crippen MR) is 97.9 cm³/mol. The van der Waals surface area contributed by atoms with Crippen molar-refractivity contribution in [1.29, 1.82) is 0 Å². The first-order valence-corrected chi connectivity index (χ1v) is 8.75. The highest BCUT2D eigenvalue weighted by molar-refractivity contribution is 7.99. The van der Waals surface area contributed by atoms with E-state index in [0.717, 1.165) is 11.0 Å². The zero-order chi connectivity index (χ0) is 17.2. The Bertz CT molecular complexity index is 1100. The molecule has 0 saturated carbocycles. The van der Waals surface area contributed by atoms with Crippen molar-refractivity contribution in [3.8, 4) is 0 Å². The summed E-state index contributed by atoms with van der Waals surface area (Å²) < 4.78 is 0. The van der Waals surface area contributed by atoms with Crippen LogP contribution in [0.3, 0.4) is 0 Å². The van der Waals surface area contributed by atoms with Gasteiger partial charge in [0, 0.05) is 0 Å². The number of imidazole rings is 1. The summed E-state index contributed by atoms with van der Waals surface area (Å²) in [6.45, 7) is 0. The first-order valence-electron chi connectivity index (χ1n) is 7.76. The molecule has 0 aliphatic heterocycles. The number of carbonyl (C=O) groups is 1. The van der Waals surface area contributed by atoms with E-state index in [1.54, 1.807) is 18.2 Å². The minimum Gasteiger partial charge on any atom is -0.342 e. The molecule has 0 atom stereocenters. The molecule has 0 bridgehead atoms. The van der Waals surface area contributed by atoms with Crippen molar-refractivity contribution in [2.24, 2.45) is 0 Å². The van der Waals surface area contributed by atoms with Gasteiger partial charge in [-0.1, -0.05) is 36.0 Å². The number of aromatic nitrogens is 4.